The van der Waals surface area contributed by atoms with Crippen molar-refractivity contribution in [1.29, 1.82) is 0 Å². The zero-order valence-electron chi connectivity index (χ0n) is 9.05. The van der Waals surface area contributed by atoms with Gasteiger partial charge in [0.05, 0.1) is 7.11 Å². The lowest BCUT2D eigenvalue weighted by Gasteiger charge is -2.02. The number of methoxy groups -OCH3 is 1. The molecule has 2 aromatic rings. The van der Waals surface area contributed by atoms with E-state index in [0.29, 0.717) is 11.3 Å². The van der Waals surface area contributed by atoms with Crippen molar-refractivity contribution in [1.82, 2.24) is 10.2 Å². The van der Waals surface area contributed by atoms with Crippen LogP contribution in [0, 0.1) is 0 Å². The zero-order chi connectivity index (χ0) is 12.3. The second-order valence-electron chi connectivity index (χ2n) is 3.30. The van der Waals surface area contributed by atoms with Gasteiger partial charge in [-0.25, -0.2) is 0 Å². The van der Waals surface area contributed by atoms with Gasteiger partial charge in [0.2, 0.25) is 5.78 Å². The summed E-state index contributed by atoms with van der Waals surface area (Å²) in [6.45, 7) is 0. The Morgan fingerprint density at radius 1 is 1.12 bits per heavy atom. The van der Waals surface area contributed by atoms with E-state index in [1.165, 1.54) is 6.07 Å². The van der Waals surface area contributed by atoms with E-state index in [-0.39, 0.29) is 16.6 Å². The SMILES string of the molecule is COc1ccc(C(=O)c2ccc(Cl)nn2)cc1. The molecule has 1 aromatic carbocycles. The van der Waals surface area contributed by atoms with Gasteiger partial charge in [-0.1, -0.05) is 11.6 Å². The number of carbonyl (C=O) groups is 1. The molecular weight excluding hydrogens is 240 g/mol. The molecule has 0 unspecified atom stereocenters. The molecule has 4 nitrogen and oxygen atoms in total. The molecule has 1 aromatic heterocycles. The summed E-state index contributed by atoms with van der Waals surface area (Å²) in [4.78, 5) is 12.0. The van der Waals surface area contributed by atoms with E-state index in [2.05, 4.69) is 10.2 Å². The van der Waals surface area contributed by atoms with Gasteiger partial charge in [-0.2, -0.15) is 0 Å². The van der Waals surface area contributed by atoms with Crippen LogP contribution in [0.3, 0.4) is 0 Å². The van der Waals surface area contributed by atoms with Gasteiger partial charge in [0.1, 0.15) is 11.4 Å². The van der Waals surface area contributed by atoms with Gasteiger partial charge in [0, 0.05) is 5.56 Å². The van der Waals surface area contributed by atoms with Crippen molar-refractivity contribution < 1.29 is 9.53 Å². The molecule has 17 heavy (non-hydrogen) atoms. The Morgan fingerprint density at radius 3 is 2.35 bits per heavy atom. The lowest BCUT2D eigenvalue weighted by molar-refractivity contribution is 0.103. The highest BCUT2D eigenvalue weighted by atomic mass is 35.5. The van der Waals surface area contributed by atoms with Gasteiger partial charge in [-0.05, 0) is 36.4 Å². The van der Waals surface area contributed by atoms with Crippen LogP contribution in [0.15, 0.2) is 36.4 Å². The fourth-order valence-corrected chi connectivity index (χ4v) is 1.43. The van der Waals surface area contributed by atoms with Crippen LogP contribution >= 0.6 is 11.6 Å². The van der Waals surface area contributed by atoms with Crippen LogP contribution in [-0.4, -0.2) is 23.1 Å². The second-order valence-corrected chi connectivity index (χ2v) is 3.69. The lowest BCUT2D eigenvalue weighted by Crippen LogP contribution is -2.05. The number of benzene rings is 1. The maximum Gasteiger partial charge on any atom is 0.213 e. The number of aromatic nitrogens is 2. The number of hydrogen-bond donors (Lipinski definition) is 0. The molecule has 0 aliphatic carbocycles. The van der Waals surface area contributed by atoms with Crippen LogP contribution in [0.1, 0.15) is 16.1 Å². The van der Waals surface area contributed by atoms with E-state index in [1.54, 1.807) is 37.4 Å². The van der Waals surface area contributed by atoms with Gasteiger partial charge in [-0.15, -0.1) is 10.2 Å². The summed E-state index contributed by atoms with van der Waals surface area (Å²) in [7, 11) is 1.57. The van der Waals surface area contributed by atoms with E-state index in [4.69, 9.17) is 16.3 Å². The molecule has 0 atom stereocenters. The highest BCUT2D eigenvalue weighted by Crippen LogP contribution is 2.14. The third kappa shape index (κ3) is 2.60. The molecule has 86 valence electrons. The van der Waals surface area contributed by atoms with Crippen LogP contribution in [-0.2, 0) is 0 Å². The van der Waals surface area contributed by atoms with Crippen molar-refractivity contribution in [2.45, 2.75) is 0 Å². The van der Waals surface area contributed by atoms with E-state index < -0.39 is 0 Å². The van der Waals surface area contributed by atoms with Crippen LogP contribution in [0.25, 0.3) is 0 Å². The van der Waals surface area contributed by atoms with Crippen molar-refractivity contribution in [3.63, 3.8) is 0 Å². The van der Waals surface area contributed by atoms with E-state index in [0.717, 1.165) is 0 Å². The van der Waals surface area contributed by atoms with Crippen molar-refractivity contribution in [2.24, 2.45) is 0 Å². The average Bonchev–Trinajstić information content (AvgIpc) is 2.39. The molecular formula is C12H9ClN2O2. The molecule has 5 heteroatoms. The van der Waals surface area contributed by atoms with Gasteiger partial charge in [-0.3, -0.25) is 4.79 Å². The fourth-order valence-electron chi connectivity index (χ4n) is 1.33. The van der Waals surface area contributed by atoms with Crippen molar-refractivity contribution in [2.75, 3.05) is 7.11 Å². The minimum absolute atomic E-state index is 0.197. The molecule has 1 heterocycles. The topological polar surface area (TPSA) is 52.1 Å². The van der Waals surface area contributed by atoms with Gasteiger partial charge in [0.25, 0.3) is 0 Å². The van der Waals surface area contributed by atoms with E-state index >= 15 is 0 Å². The summed E-state index contributed by atoms with van der Waals surface area (Å²) in [5, 5.41) is 7.62. The first-order valence-electron chi connectivity index (χ1n) is 4.88. The Balaban J connectivity index is 2.27. The number of ether oxygens (including phenoxy) is 1. The Labute approximate surface area is 103 Å². The molecule has 2 rings (SSSR count). The third-order valence-electron chi connectivity index (χ3n) is 2.22. The minimum Gasteiger partial charge on any atom is -0.497 e. The van der Waals surface area contributed by atoms with E-state index in [9.17, 15) is 4.79 Å². The van der Waals surface area contributed by atoms with Crippen LogP contribution < -0.4 is 4.74 Å². The molecule has 0 saturated carbocycles. The first-order chi connectivity index (χ1) is 8.20. The van der Waals surface area contributed by atoms with Crippen molar-refractivity contribution in [3.05, 3.63) is 52.8 Å². The van der Waals surface area contributed by atoms with Crippen molar-refractivity contribution >= 4 is 17.4 Å². The molecule has 0 bridgehead atoms. The monoisotopic (exact) mass is 248 g/mol. The maximum absolute atomic E-state index is 12.0. The quantitative estimate of drug-likeness (QED) is 0.783. The fraction of sp³-hybridized carbons (Fsp3) is 0.0833. The largest absolute Gasteiger partial charge is 0.497 e. The molecule has 0 N–H and O–H groups in total. The number of carbonyl (C=O) groups excluding carboxylic acids is 1. The second kappa shape index (κ2) is 4.93. The summed E-state index contributed by atoms with van der Waals surface area (Å²) >= 11 is 5.60. The third-order valence-corrected chi connectivity index (χ3v) is 2.42. The zero-order valence-corrected chi connectivity index (χ0v) is 9.81. The normalized spacial score (nSPS) is 10.0. The number of rotatable bonds is 3. The Hall–Kier alpha value is -1.94. The Morgan fingerprint density at radius 2 is 1.82 bits per heavy atom. The molecule has 0 radical (unpaired) electrons. The van der Waals surface area contributed by atoms with Crippen LogP contribution in [0.5, 0.6) is 5.75 Å². The standard InChI is InChI=1S/C12H9ClN2O2/c1-17-9-4-2-8(3-5-9)12(16)10-6-7-11(13)15-14-10/h2-7H,1H3. The molecule has 0 aliphatic heterocycles. The summed E-state index contributed by atoms with van der Waals surface area (Å²) < 4.78 is 5.01. The van der Waals surface area contributed by atoms with Crippen LogP contribution in [0.2, 0.25) is 5.15 Å². The number of hydrogen-bond acceptors (Lipinski definition) is 4. The summed E-state index contributed by atoms with van der Waals surface area (Å²) in [6, 6.07) is 9.87. The van der Waals surface area contributed by atoms with Crippen molar-refractivity contribution in [3.8, 4) is 5.75 Å². The summed E-state index contributed by atoms with van der Waals surface area (Å²) in [5.74, 6) is 0.501. The Kier molecular flexibility index (Phi) is 3.35. The number of nitrogens with zero attached hydrogens (tertiary/aromatic N) is 2. The predicted octanol–water partition coefficient (Wildman–Crippen LogP) is 2.37. The Bertz CT molecular complexity index is 523. The average molecular weight is 249 g/mol. The van der Waals surface area contributed by atoms with Crippen LogP contribution in [0.4, 0.5) is 0 Å². The van der Waals surface area contributed by atoms with E-state index in [1.807, 2.05) is 0 Å². The lowest BCUT2D eigenvalue weighted by atomic mass is 10.1. The number of halogens is 1. The summed E-state index contributed by atoms with van der Waals surface area (Å²) in [5.41, 5.74) is 0.794. The predicted molar refractivity (Wildman–Crippen MR) is 63.5 cm³/mol. The van der Waals surface area contributed by atoms with Gasteiger partial charge in [0.15, 0.2) is 5.15 Å². The first-order valence-corrected chi connectivity index (χ1v) is 5.26. The van der Waals surface area contributed by atoms with Gasteiger partial charge >= 0.3 is 0 Å². The molecule has 0 amide bonds. The number of ketones is 1. The molecule has 0 aliphatic rings. The molecule has 0 saturated heterocycles. The maximum atomic E-state index is 12.0. The smallest absolute Gasteiger partial charge is 0.213 e. The molecule has 0 fully saturated rings. The highest BCUT2D eigenvalue weighted by Gasteiger charge is 2.10. The highest BCUT2D eigenvalue weighted by molar-refractivity contribution is 6.29. The first kappa shape index (κ1) is 11.5. The minimum atomic E-state index is -0.197. The molecule has 0 spiro atoms. The summed E-state index contributed by atoms with van der Waals surface area (Å²) in [6.07, 6.45) is 0. The van der Waals surface area contributed by atoms with Gasteiger partial charge < -0.3 is 4.74 Å².